The number of hydrogen-bond acceptors (Lipinski definition) is 4. The molecule has 0 saturated heterocycles. The molecule has 1 aliphatic rings. The first-order valence-electron chi connectivity index (χ1n) is 9.93. The van der Waals surface area contributed by atoms with Crippen molar-refractivity contribution in [1.29, 1.82) is 0 Å². The van der Waals surface area contributed by atoms with E-state index in [-0.39, 0.29) is 5.91 Å². The van der Waals surface area contributed by atoms with Crippen molar-refractivity contribution in [3.05, 3.63) is 63.4 Å². The predicted molar refractivity (Wildman–Crippen MR) is 122 cm³/mol. The fourth-order valence-electron chi connectivity index (χ4n) is 3.49. The maximum atomic E-state index is 12.2. The van der Waals surface area contributed by atoms with Crippen LogP contribution in [-0.4, -0.2) is 17.5 Å². The SMILES string of the molecule is O=C(CCCOc1ccc(Br)cc1)Nc1nc(-c2ccc3c(c2)CCCC3)cs1. The number of benzene rings is 2. The van der Waals surface area contributed by atoms with Gasteiger partial charge in [0.15, 0.2) is 5.13 Å². The minimum Gasteiger partial charge on any atom is -0.494 e. The van der Waals surface area contributed by atoms with Crippen LogP contribution in [0.15, 0.2) is 52.3 Å². The zero-order chi connectivity index (χ0) is 20.1. The lowest BCUT2D eigenvalue weighted by Crippen LogP contribution is -2.12. The number of carbonyl (C=O) groups is 1. The molecular weight excluding hydrogens is 448 g/mol. The highest BCUT2D eigenvalue weighted by Crippen LogP contribution is 2.29. The summed E-state index contributed by atoms with van der Waals surface area (Å²) in [6, 6.07) is 14.3. The summed E-state index contributed by atoms with van der Waals surface area (Å²) < 4.78 is 6.67. The number of amides is 1. The number of aryl methyl sites for hydroxylation is 2. The van der Waals surface area contributed by atoms with E-state index in [1.54, 1.807) is 0 Å². The number of rotatable bonds is 7. The van der Waals surface area contributed by atoms with Crippen molar-refractivity contribution in [1.82, 2.24) is 4.98 Å². The third-order valence-corrected chi connectivity index (χ3v) is 6.31. The molecule has 4 nitrogen and oxygen atoms in total. The summed E-state index contributed by atoms with van der Waals surface area (Å²) in [5.74, 6) is 0.777. The molecule has 0 saturated carbocycles. The monoisotopic (exact) mass is 470 g/mol. The number of ether oxygens (including phenoxy) is 1. The van der Waals surface area contributed by atoms with Crippen molar-refractivity contribution in [3.8, 4) is 17.0 Å². The van der Waals surface area contributed by atoms with Gasteiger partial charge in [0.1, 0.15) is 5.75 Å². The molecule has 1 amide bonds. The third kappa shape index (κ3) is 5.46. The Bertz CT molecular complexity index is 985. The van der Waals surface area contributed by atoms with E-state index in [0.29, 0.717) is 24.6 Å². The molecule has 0 aliphatic heterocycles. The molecule has 0 spiro atoms. The molecule has 0 bridgehead atoms. The van der Waals surface area contributed by atoms with Crippen LogP contribution in [0.25, 0.3) is 11.3 Å². The van der Waals surface area contributed by atoms with E-state index < -0.39 is 0 Å². The fourth-order valence-corrected chi connectivity index (χ4v) is 4.49. The number of halogens is 1. The maximum absolute atomic E-state index is 12.2. The number of thiazole rings is 1. The Morgan fingerprint density at radius 3 is 2.72 bits per heavy atom. The van der Waals surface area contributed by atoms with Gasteiger partial charge in [-0.3, -0.25) is 4.79 Å². The molecule has 6 heteroatoms. The standard InChI is InChI=1S/C23H23BrN2O2S/c24-19-9-11-20(12-10-19)28-13-3-6-22(27)26-23-25-21(15-29-23)18-8-7-16-4-1-2-5-17(16)14-18/h7-12,14-15H,1-6,13H2,(H,25,26,27). The number of anilines is 1. The van der Waals surface area contributed by atoms with Crippen LogP contribution in [0.3, 0.4) is 0 Å². The van der Waals surface area contributed by atoms with Gasteiger partial charge in [0.25, 0.3) is 0 Å². The summed E-state index contributed by atoms with van der Waals surface area (Å²) in [6.07, 6.45) is 5.95. The van der Waals surface area contributed by atoms with Crippen LogP contribution >= 0.6 is 27.3 Å². The second-order valence-corrected chi connectivity index (χ2v) is 8.96. The summed E-state index contributed by atoms with van der Waals surface area (Å²) in [4.78, 5) is 16.8. The molecule has 29 heavy (non-hydrogen) atoms. The lowest BCUT2D eigenvalue weighted by molar-refractivity contribution is -0.116. The lowest BCUT2D eigenvalue weighted by Gasteiger charge is -2.16. The molecule has 0 atom stereocenters. The number of nitrogens with one attached hydrogen (secondary N) is 1. The first-order chi connectivity index (χ1) is 14.2. The van der Waals surface area contributed by atoms with Gasteiger partial charge in [-0.2, -0.15) is 0 Å². The van der Waals surface area contributed by atoms with Crippen LogP contribution < -0.4 is 10.1 Å². The first kappa shape index (κ1) is 20.1. The van der Waals surface area contributed by atoms with Gasteiger partial charge in [-0.15, -0.1) is 11.3 Å². The van der Waals surface area contributed by atoms with Crippen molar-refractivity contribution in [3.63, 3.8) is 0 Å². The van der Waals surface area contributed by atoms with Gasteiger partial charge in [0.2, 0.25) is 5.91 Å². The molecule has 3 aromatic rings. The quantitative estimate of drug-likeness (QED) is 0.415. The molecule has 2 aromatic carbocycles. The second kappa shape index (κ2) is 9.55. The van der Waals surface area contributed by atoms with Gasteiger partial charge < -0.3 is 10.1 Å². The van der Waals surface area contributed by atoms with E-state index in [0.717, 1.165) is 27.9 Å². The average molecular weight is 471 g/mol. The molecule has 150 valence electrons. The highest BCUT2D eigenvalue weighted by Gasteiger charge is 2.12. The van der Waals surface area contributed by atoms with Gasteiger partial charge in [0.05, 0.1) is 12.3 Å². The van der Waals surface area contributed by atoms with Gasteiger partial charge >= 0.3 is 0 Å². The third-order valence-electron chi connectivity index (χ3n) is 5.03. The summed E-state index contributed by atoms with van der Waals surface area (Å²) in [5, 5.41) is 5.57. The van der Waals surface area contributed by atoms with Crippen molar-refractivity contribution >= 4 is 38.3 Å². The van der Waals surface area contributed by atoms with Crippen LogP contribution in [-0.2, 0) is 17.6 Å². The molecule has 1 heterocycles. The number of hydrogen-bond donors (Lipinski definition) is 1. The molecule has 0 fully saturated rings. The Morgan fingerprint density at radius 2 is 1.90 bits per heavy atom. The molecular formula is C23H23BrN2O2S. The van der Waals surface area contributed by atoms with Gasteiger partial charge in [-0.25, -0.2) is 4.98 Å². The largest absolute Gasteiger partial charge is 0.494 e. The Hall–Kier alpha value is -2.18. The van der Waals surface area contributed by atoms with E-state index in [1.807, 2.05) is 29.6 Å². The minimum atomic E-state index is -0.0317. The predicted octanol–water partition coefficient (Wildman–Crippen LogP) is 6.25. The molecule has 0 radical (unpaired) electrons. The molecule has 1 aliphatic carbocycles. The average Bonchev–Trinajstić information content (AvgIpc) is 3.20. The van der Waals surface area contributed by atoms with Gasteiger partial charge in [0, 0.05) is 21.8 Å². The molecule has 1 N–H and O–H groups in total. The van der Waals surface area contributed by atoms with Crippen molar-refractivity contribution in [2.45, 2.75) is 38.5 Å². The number of carbonyl (C=O) groups excluding carboxylic acids is 1. The van der Waals surface area contributed by atoms with E-state index in [1.165, 1.54) is 41.7 Å². The molecule has 1 aromatic heterocycles. The molecule has 4 rings (SSSR count). The van der Waals surface area contributed by atoms with Gasteiger partial charge in [-0.1, -0.05) is 28.1 Å². The highest BCUT2D eigenvalue weighted by molar-refractivity contribution is 9.10. The first-order valence-corrected chi connectivity index (χ1v) is 11.6. The summed E-state index contributed by atoms with van der Waals surface area (Å²) >= 11 is 4.87. The summed E-state index contributed by atoms with van der Waals surface area (Å²) in [5.41, 5.74) is 4.97. The topological polar surface area (TPSA) is 51.2 Å². The zero-order valence-corrected chi connectivity index (χ0v) is 18.5. The Kier molecular flexibility index (Phi) is 6.62. The van der Waals surface area contributed by atoms with Crippen molar-refractivity contribution in [2.24, 2.45) is 0 Å². The van der Waals surface area contributed by atoms with E-state index in [4.69, 9.17) is 4.74 Å². The van der Waals surface area contributed by atoms with Crippen LogP contribution in [0.1, 0.15) is 36.8 Å². The molecule has 0 unspecified atom stereocenters. The van der Waals surface area contributed by atoms with Crippen LogP contribution in [0.5, 0.6) is 5.75 Å². The number of aromatic nitrogens is 1. The minimum absolute atomic E-state index is 0.0317. The second-order valence-electron chi connectivity index (χ2n) is 7.18. The van der Waals surface area contributed by atoms with E-state index in [2.05, 4.69) is 44.4 Å². The summed E-state index contributed by atoms with van der Waals surface area (Å²) in [6.45, 7) is 0.507. The van der Waals surface area contributed by atoms with Crippen LogP contribution in [0.4, 0.5) is 5.13 Å². The lowest BCUT2D eigenvalue weighted by atomic mass is 9.90. The number of fused-ring (bicyclic) bond motifs is 1. The zero-order valence-electron chi connectivity index (χ0n) is 16.1. The Morgan fingerprint density at radius 1 is 1.10 bits per heavy atom. The maximum Gasteiger partial charge on any atom is 0.226 e. The van der Waals surface area contributed by atoms with Gasteiger partial charge in [-0.05, 0) is 73.6 Å². The van der Waals surface area contributed by atoms with Crippen LogP contribution in [0.2, 0.25) is 0 Å². The normalized spacial score (nSPS) is 13.0. The fraction of sp³-hybridized carbons (Fsp3) is 0.304. The smallest absolute Gasteiger partial charge is 0.226 e. The Balaban J connectivity index is 1.26. The summed E-state index contributed by atoms with van der Waals surface area (Å²) in [7, 11) is 0. The van der Waals surface area contributed by atoms with Crippen LogP contribution in [0, 0.1) is 0 Å². The highest BCUT2D eigenvalue weighted by atomic mass is 79.9. The van der Waals surface area contributed by atoms with E-state index in [9.17, 15) is 4.79 Å². The van der Waals surface area contributed by atoms with E-state index >= 15 is 0 Å². The van der Waals surface area contributed by atoms with Crippen molar-refractivity contribution in [2.75, 3.05) is 11.9 Å². The number of nitrogens with zero attached hydrogens (tertiary/aromatic N) is 1. The Labute approximate surface area is 183 Å². The van der Waals surface area contributed by atoms with Crippen molar-refractivity contribution < 1.29 is 9.53 Å².